The van der Waals surface area contributed by atoms with Crippen LogP contribution in [0, 0.1) is 11.8 Å². The Morgan fingerprint density at radius 2 is 2.17 bits per heavy atom. The van der Waals surface area contributed by atoms with Crippen LogP contribution in [-0.2, 0) is 0 Å². The SMILES string of the molecule is CC1CCC(Nc2nc3c(N)cccc3o2)C1C. The zero-order valence-corrected chi connectivity index (χ0v) is 10.8. The van der Waals surface area contributed by atoms with Crippen molar-refractivity contribution in [2.24, 2.45) is 11.8 Å². The summed E-state index contributed by atoms with van der Waals surface area (Å²) < 4.78 is 5.69. The lowest BCUT2D eigenvalue weighted by atomic mass is 9.98. The Balaban J connectivity index is 1.85. The first-order chi connectivity index (χ1) is 8.65. The molecule has 18 heavy (non-hydrogen) atoms. The summed E-state index contributed by atoms with van der Waals surface area (Å²) >= 11 is 0. The van der Waals surface area contributed by atoms with Gasteiger partial charge in [-0.3, -0.25) is 0 Å². The molecule has 3 N–H and O–H groups in total. The third kappa shape index (κ3) is 1.82. The molecule has 0 spiro atoms. The number of benzene rings is 1. The normalized spacial score (nSPS) is 27.8. The van der Waals surface area contributed by atoms with E-state index in [1.54, 1.807) is 0 Å². The number of nitrogen functional groups attached to an aromatic ring is 1. The maximum Gasteiger partial charge on any atom is 0.295 e. The van der Waals surface area contributed by atoms with Gasteiger partial charge in [-0.1, -0.05) is 19.9 Å². The second-order valence-electron chi connectivity index (χ2n) is 5.38. The van der Waals surface area contributed by atoms with Crippen molar-refractivity contribution in [3.8, 4) is 0 Å². The maximum absolute atomic E-state index is 5.88. The fraction of sp³-hybridized carbons (Fsp3) is 0.500. The molecule has 1 heterocycles. The largest absolute Gasteiger partial charge is 0.423 e. The predicted molar refractivity (Wildman–Crippen MR) is 73.4 cm³/mol. The van der Waals surface area contributed by atoms with Crippen molar-refractivity contribution in [1.29, 1.82) is 0 Å². The van der Waals surface area contributed by atoms with Crippen LogP contribution in [-0.4, -0.2) is 11.0 Å². The van der Waals surface area contributed by atoms with E-state index in [2.05, 4.69) is 24.1 Å². The molecule has 1 saturated carbocycles. The molecule has 0 saturated heterocycles. The predicted octanol–water partition coefficient (Wildman–Crippen LogP) is 3.26. The van der Waals surface area contributed by atoms with E-state index in [1.807, 2.05) is 18.2 Å². The lowest BCUT2D eigenvalue weighted by Crippen LogP contribution is -2.24. The number of para-hydroxylation sites is 1. The summed E-state index contributed by atoms with van der Waals surface area (Å²) in [5.74, 6) is 1.41. The van der Waals surface area contributed by atoms with Crippen LogP contribution in [0.3, 0.4) is 0 Å². The van der Waals surface area contributed by atoms with Gasteiger partial charge >= 0.3 is 0 Å². The molecule has 4 heteroatoms. The van der Waals surface area contributed by atoms with Crippen LogP contribution in [0.5, 0.6) is 0 Å². The molecular formula is C14H19N3O. The van der Waals surface area contributed by atoms with Crippen molar-refractivity contribution in [2.75, 3.05) is 11.1 Å². The Morgan fingerprint density at radius 1 is 1.33 bits per heavy atom. The number of anilines is 2. The van der Waals surface area contributed by atoms with Crippen molar-refractivity contribution < 1.29 is 4.42 Å². The van der Waals surface area contributed by atoms with E-state index >= 15 is 0 Å². The number of nitrogens with two attached hydrogens (primary N) is 1. The van der Waals surface area contributed by atoms with Gasteiger partial charge in [0, 0.05) is 6.04 Å². The highest BCUT2D eigenvalue weighted by atomic mass is 16.4. The minimum atomic E-state index is 0.453. The number of aromatic nitrogens is 1. The first-order valence-corrected chi connectivity index (χ1v) is 6.56. The van der Waals surface area contributed by atoms with E-state index in [0.29, 0.717) is 23.7 Å². The highest BCUT2D eigenvalue weighted by Gasteiger charge is 2.30. The van der Waals surface area contributed by atoms with Crippen LogP contribution < -0.4 is 11.1 Å². The van der Waals surface area contributed by atoms with Crippen molar-refractivity contribution in [3.05, 3.63) is 18.2 Å². The Labute approximate surface area is 107 Å². The molecule has 1 aromatic heterocycles. The summed E-state index contributed by atoms with van der Waals surface area (Å²) in [6.45, 7) is 4.59. The van der Waals surface area contributed by atoms with Crippen LogP contribution in [0.15, 0.2) is 22.6 Å². The molecule has 3 unspecified atom stereocenters. The van der Waals surface area contributed by atoms with Gasteiger partial charge in [0.05, 0.1) is 5.69 Å². The summed E-state index contributed by atoms with van der Waals surface area (Å²) in [6.07, 6.45) is 2.44. The molecule has 3 rings (SSSR count). The lowest BCUT2D eigenvalue weighted by molar-refractivity contribution is 0.429. The second kappa shape index (κ2) is 4.19. The third-order valence-corrected chi connectivity index (χ3v) is 4.22. The minimum Gasteiger partial charge on any atom is -0.423 e. The lowest BCUT2D eigenvalue weighted by Gasteiger charge is -2.18. The van der Waals surface area contributed by atoms with Crippen LogP contribution >= 0.6 is 0 Å². The number of hydrogen-bond acceptors (Lipinski definition) is 4. The minimum absolute atomic E-state index is 0.453. The summed E-state index contributed by atoms with van der Waals surface area (Å²) in [5.41, 5.74) is 8.04. The fourth-order valence-corrected chi connectivity index (χ4v) is 2.76. The average Bonchev–Trinajstić information content (AvgIpc) is 2.89. The average molecular weight is 245 g/mol. The zero-order valence-electron chi connectivity index (χ0n) is 10.8. The summed E-state index contributed by atoms with van der Waals surface area (Å²) in [4.78, 5) is 4.43. The Morgan fingerprint density at radius 3 is 2.83 bits per heavy atom. The van der Waals surface area contributed by atoms with Crippen molar-refractivity contribution in [1.82, 2.24) is 4.98 Å². The Hall–Kier alpha value is -1.71. The maximum atomic E-state index is 5.88. The molecule has 3 atom stereocenters. The van der Waals surface area contributed by atoms with E-state index in [1.165, 1.54) is 12.8 Å². The van der Waals surface area contributed by atoms with Gasteiger partial charge < -0.3 is 15.5 Å². The van der Waals surface area contributed by atoms with Gasteiger partial charge in [0.1, 0.15) is 5.52 Å². The van der Waals surface area contributed by atoms with Gasteiger partial charge in [-0.15, -0.1) is 0 Å². The Kier molecular flexibility index (Phi) is 2.65. The molecule has 1 aliphatic rings. The van der Waals surface area contributed by atoms with Gasteiger partial charge in [0.25, 0.3) is 6.01 Å². The second-order valence-corrected chi connectivity index (χ2v) is 5.38. The molecule has 2 aromatic rings. The van der Waals surface area contributed by atoms with Gasteiger partial charge in [0.2, 0.25) is 0 Å². The molecule has 0 bridgehead atoms. The molecule has 4 nitrogen and oxygen atoms in total. The molecule has 0 radical (unpaired) electrons. The first-order valence-electron chi connectivity index (χ1n) is 6.56. The third-order valence-electron chi connectivity index (χ3n) is 4.22. The fourth-order valence-electron chi connectivity index (χ4n) is 2.76. The summed E-state index contributed by atoms with van der Waals surface area (Å²) in [5, 5.41) is 3.40. The number of nitrogens with zero attached hydrogens (tertiary/aromatic N) is 1. The Bertz CT molecular complexity index is 563. The highest BCUT2D eigenvalue weighted by molar-refractivity contribution is 5.86. The monoisotopic (exact) mass is 245 g/mol. The number of nitrogens with one attached hydrogen (secondary N) is 1. The van der Waals surface area contributed by atoms with Crippen LogP contribution in [0.2, 0.25) is 0 Å². The first kappa shape index (κ1) is 11.4. The van der Waals surface area contributed by atoms with E-state index in [4.69, 9.17) is 10.2 Å². The highest BCUT2D eigenvalue weighted by Crippen LogP contribution is 2.34. The van der Waals surface area contributed by atoms with Gasteiger partial charge in [-0.25, -0.2) is 0 Å². The van der Waals surface area contributed by atoms with Gasteiger partial charge in [0.15, 0.2) is 5.58 Å². The number of oxazole rings is 1. The molecule has 0 amide bonds. The topological polar surface area (TPSA) is 64.1 Å². The molecule has 96 valence electrons. The summed E-state index contributed by atoms with van der Waals surface area (Å²) in [7, 11) is 0. The molecule has 1 aliphatic carbocycles. The standard InChI is InChI=1S/C14H19N3O/c1-8-6-7-11(9(8)2)16-14-17-13-10(15)4-3-5-12(13)18-14/h3-5,8-9,11H,6-7,15H2,1-2H3,(H,16,17). The van der Waals surface area contributed by atoms with E-state index in [9.17, 15) is 0 Å². The molecule has 1 fully saturated rings. The quantitative estimate of drug-likeness (QED) is 0.797. The van der Waals surface area contributed by atoms with Gasteiger partial charge in [-0.2, -0.15) is 4.98 Å². The van der Waals surface area contributed by atoms with E-state index < -0.39 is 0 Å². The van der Waals surface area contributed by atoms with Crippen molar-refractivity contribution in [3.63, 3.8) is 0 Å². The molecular weight excluding hydrogens is 226 g/mol. The van der Waals surface area contributed by atoms with Crippen molar-refractivity contribution >= 4 is 22.8 Å². The number of fused-ring (bicyclic) bond motifs is 1. The molecule has 1 aromatic carbocycles. The van der Waals surface area contributed by atoms with E-state index in [0.717, 1.165) is 17.0 Å². The summed E-state index contributed by atoms with van der Waals surface area (Å²) in [6, 6.07) is 6.66. The van der Waals surface area contributed by atoms with Crippen LogP contribution in [0.1, 0.15) is 26.7 Å². The number of hydrogen-bond donors (Lipinski definition) is 2. The number of rotatable bonds is 2. The van der Waals surface area contributed by atoms with Gasteiger partial charge in [-0.05, 0) is 36.8 Å². The smallest absolute Gasteiger partial charge is 0.295 e. The zero-order chi connectivity index (χ0) is 12.7. The van der Waals surface area contributed by atoms with Crippen molar-refractivity contribution in [2.45, 2.75) is 32.7 Å². The van der Waals surface area contributed by atoms with Crippen LogP contribution in [0.4, 0.5) is 11.7 Å². The van der Waals surface area contributed by atoms with E-state index in [-0.39, 0.29) is 0 Å². The van der Waals surface area contributed by atoms with Crippen LogP contribution in [0.25, 0.3) is 11.1 Å². The molecule has 0 aliphatic heterocycles.